The minimum absolute atomic E-state index is 0.0296. The summed E-state index contributed by atoms with van der Waals surface area (Å²) in [6.45, 7) is 3.06. The molecule has 0 spiro atoms. The first kappa shape index (κ1) is 27.1. The molecule has 0 aliphatic rings. The van der Waals surface area contributed by atoms with E-state index in [1.807, 2.05) is 6.07 Å². The molecule has 196 valence electrons. The maximum absolute atomic E-state index is 13.6. The lowest BCUT2D eigenvalue weighted by Gasteiger charge is -2.17. The van der Waals surface area contributed by atoms with E-state index in [1.54, 1.807) is 30.3 Å². The number of hydrogen-bond acceptors (Lipinski definition) is 6. The molecular formula is C28H23F3N2O4S. The summed E-state index contributed by atoms with van der Waals surface area (Å²) in [5.74, 6) is 0.266. The van der Waals surface area contributed by atoms with E-state index in [1.165, 1.54) is 44.2 Å². The van der Waals surface area contributed by atoms with Crippen LogP contribution < -0.4 is 4.74 Å². The van der Waals surface area contributed by atoms with Crippen LogP contribution in [0, 0.1) is 11.3 Å². The van der Waals surface area contributed by atoms with Crippen LogP contribution in [-0.4, -0.2) is 29.9 Å². The van der Waals surface area contributed by atoms with Crippen LogP contribution in [0.15, 0.2) is 77.8 Å². The number of halogens is 3. The summed E-state index contributed by atoms with van der Waals surface area (Å²) in [6, 6.07) is 18.0. The van der Waals surface area contributed by atoms with Crippen LogP contribution in [-0.2, 0) is 16.0 Å². The van der Waals surface area contributed by atoms with Gasteiger partial charge < -0.3 is 9.84 Å². The van der Waals surface area contributed by atoms with Crippen LogP contribution in [0.3, 0.4) is 0 Å². The van der Waals surface area contributed by atoms with Crippen molar-refractivity contribution in [2.24, 2.45) is 0 Å². The summed E-state index contributed by atoms with van der Waals surface area (Å²) in [5.41, 5.74) is -1.52. The number of ether oxygens (including phenoxy) is 1. The highest BCUT2D eigenvalue weighted by Gasteiger charge is 2.33. The molecule has 0 fully saturated rings. The lowest BCUT2D eigenvalue weighted by molar-refractivity contribution is -0.136. The number of nitrogens with zero attached hydrogens (tertiary/aromatic N) is 2. The smallest absolute Gasteiger partial charge is 0.418 e. The first-order valence-electron chi connectivity index (χ1n) is 11.5. The van der Waals surface area contributed by atoms with E-state index in [2.05, 4.69) is 4.98 Å². The molecule has 1 aromatic heterocycles. The molecule has 6 nitrogen and oxygen atoms in total. The second-order valence-corrected chi connectivity index (χ2v) is 11.5. The van der Waals surface area contributed by atoms with E-state index in [0.29, 0.717) is 5.56 Å². The molecule has 4 rings (SSSR count). The van der Waals surface area contributed by atoms with Gasteiger partial charge in [-0.2, -0.15) is 18.4 Å². The first-order valence-corrected chi connectivity index (χ1v) is 13.2. The zero-order valence-electron chi connectivity index (χ0n) is 20.5. The van der Waals surface area contributed by atoms with Crippen molar-refractivity contribution in [3.05, 3.63) is 84.1 Å². The third-order valence-corrected chi connectivity index (χ3v) is 7.54. The Kier molecular flexibility index (Phi) is 7.19. The molecule has 0 aliphatic heterocycles. The summed E-state index contributed by atoms with van der Waals surface area (Å²) in [6.07, 6.45) is -3.46. The zero-order chi connectivity index (χ0) is 27.7. The minimum Gasteiger partial charge on any atom is -0.457 e. The number of benzene rings is 3. The number of para-hydroxylation sites is 1. The number of hydrogen-bond donors (Lipinski definition) is 1. The van der Waals surface area contributed by atoms with Crippen molar-refractivity contribution >= 4 is 20.7 Å². The van der Waals surface area contributed by atoms with Crippen LogP contribution >= 0.6 is 0 Å². The Morgan fingerprint density at radius 1 is 1.00 bits per heavy atom. The quantitative estimate of drug-likeness (QED) is 0.287. The minimum atomic E-state index is -4.62. The normalized spacial score (nSPS) is 12.3. The maximum Gasteiger partial charge on any atom is 0.418 e. The number of nitriles is 1. The lowest BCUT2D eigenvalue weighted by Crippen LogP contribution is -2.23. The Morgan fingerprint density at radius 3 is 2.32 bits per heavy atom. The molecule has 10 heteroatoms. The van der Waals surface area contributed by atoms with E-state index in [9.17, 15) is 32.0 Å². The van der Waals surface area contributed by atoms with Crippen LogP contribution in [0.4, 0.5) is 13.2 Å². The van der Waals surface area contributed by atoms with Gasteiger partial charge >= 0.3 is 6.18 Å². The molecule has 0 saturated heterocycles. The van der Waals surface area contributed by atoms with Gasteiger partial charge in [0.15, 0.2) is 9.84 Å². The number of rotatable bonds is 7. The summed E-state index contributed by atoms with van der Waals surface area (Å²) in [4.78, 5) is 3.94. The Bertz CT molecular complexity index is 1650. The average Bonchev–Trinajstić information content (AvgIpc) is 2.86. The van der Waals surface area contributed by atoms with Crippen LogP contribution in [0.5, 0.6) is 11.5 Å². The van der Waals surface area contributed by atoms with Crippen molar-refractivity contribution in [2.45, 2.75) is 36.9 Å². The van der Waals surface area contributed by atoms with Gasteiger partial charge in [0.25, 0.3) is 0 Å². The van der Waals surface area contributed by atoms with Crippen molar-refractivity contribution < 1.29 is 31.4 Å². The summed E-state index contributed by atoms with van der Waals surface area (Å²) >= 11 is 0. The van der Waals surface area contributed by atoms with Gasteiger partial charge in [-0.3, -0.25) is 4.98 Å². The third-order valence-electron chi connectivity index (χ3n) is 5.83. The predicted molar refractivity (Wildman–Crippen MR) is 136 cm³/mol. The van der Waals surface area contributed by atoms with Crippen molar-refractivity contribution in [3.8, 4) is 28.7 Å². The molecule has 1 heterocycles. The second-order valence-electron chi connectivity index (χ2n) is 9.34. The molecule has 0 radical (unpaired) electrons. The summed E-state index contributed by atoms with van der Waals surface area (Å²) in [5, 5.41) is 19.7. The van der Waals surface area contributed by atoms with Gasteiger partial charge in [0.2, 0.25) is 0 Å². The molecule has 4 aromatic rings. The van der Waals surface area contributed by atoms with Gasteiger partial charge in [0, 0.05) is 17.1 Å². The molecule has 1 N–H and O–H groups in total. The fourth-order valence-electron chi connectivity index (χ4n) is 3.93. The van der Waals surface area contributed by atoms with Crippen molar-refractivity contribution in [3.63, 3.8) is 0 Å². The Balaban J connectivity index is 1.72. The Morgan fingerprint density at radius 2 is 1.66 bits per heavy atom. The number of aliphatic hydroxyl groups is 1. The largest absolute Gasteiger partial charge is 0.457 e. The molecule has 0 saturated carbocycles. The van der Waals surface area contributed by atoms with E-state index >= 15 is 0 Å². The number of alkyl halides is 3. The van der Waals surface area contributed by atoms with Gasteiger partial charge in [0.05, 0.1) is 32.9 Å². The monoisotopic (exact) mass is 540 g/mol. The molecule has 0 unspecified atom stereocenters. The Hall–Kier alpha value is -3.94. The van der Waals surface area contributed by atoms with E-state index in [-0.39, 0.29) is 50.6 Å². The topological polar surface area (TPSA) is 100 Å². The van der Waals surface area contributed by atoms with Crippen molar-refractivity contribution in [2.75, 3.05) is 5.75 Å². The summed E-state index contributed by atoms with van der Waals surface area (Å²) in [7, 11) is -3.68. The van der Waals surface area contributed by atoms with Gasteiger partial charge in [-0.25, -0.2) is 8.42 Å². The lowest BCUT2D eigenvalue weighted by atomic mass is 9.95. The molecule has 0 aliphatic carbocycles. The van der Waals surface area contributed by atoms with E-state index in [0.717, 1.165) is 12.3 Å². The van der Waals surface area contributed by atoms with Gasteiger partial charge in [-0.1, -0.05) is 30.3 Å². The van der Waals surface area contributed by atoms with Crippen LogP contribution in [0.2, 0.25) is 0 Å². The van der Waals surface area contributed by atoms with Crippen LogP contribution in [0.25, 0.3) is 22.0 Å². The fraction of sp³-hybridized carbons (Fsp3) is 0.214. The van der Waals surface area contributed by atoms with Crippen LogP contribution in [0.1, 0.15) is 31.4 Å². The number of pyridine rings is 1. The molecular weight excluding hydrogens is 517 g/mol. The fourth-order valence-corrected chi connectivity index (χ4v) is 5.52. The van der Waals surface area contributed by atoms with Crippen molar-refractivity contribution in [1.82, 2.24) is 4.98 Å². The highest BCUT2D eigenvalue weighted by molar-refractivity contribution is 7.91. The first-order chi connectivity index (χ1) is 17.8. The number of sulfone groups is 1. The highest BCUT2D eigenvalue weighted by atomic mass is 32.2. The molecule has 0 bridgehead atoms. The Labute approximate surface area is 217 Å². The van der Waals surface area contributed by atoms with E-state index in [4.69, 9.17) is 4.74 Å². The summed E-state index contributed by atoms with van der Waals surface area (Å²) < 4.78 is 72.1. The molecule has 0 atom stereocenters. The molecule has 38 heavy (non-hydrogen) atoms. The zero-order valence-corrected chi connectivity index (χ0v) is 21.3. The van der Waals surface area contributed by atoms with Gasteiger partial charge in [-0.05, 0) is 62.2 Å². The maximum atomic E-state index is 13.6. The highest BCUT2D eigenvalue weighted by Crippen LogP contribution is 2.39. The second kappa shape index (κ2) is 10.1. The predicted octanol–water partition coefficient (Wildman–Crippen LogP) is 6.52. The average molecular weight is 541 g/mol. The standard InChI is InChI=1S/C28H23F3N2O4S/c1-27(2,34)12-13-38(35,36)22-9-4-8-21(15-22)37-20-7-3-6-18(14-20)25-19(16-32)17-33-26-23(25)10-5-11-24(26)28(29,30)31/h3-11,14-15,17,34H,12-13H2,1-2H3. The molecule has 3 aromatic carbocycles. The van der Waals surface area contributed by atoms with Gasteiger partial charge in [0.1, 0.15) is 17.6 Å². The van der Waals surface area contributed by atoms with Crippen molar-refractivity contribution in [1.29, 1.82) is 5.26 Å². The van der Waals surface area contributed by atoms with Gasteiger partial charge in [-0.15, -0.1) is 0 Å². The SMILES string of the molecule is CC(C)(O)CCS(=O)(=O)c1cccc(Oc2cccc(-c3c(C#N)cnc4c(C(F)(F)F)cccc34)c2)c1. The van der Waals surface area contributed by atoms with E-state index < -0.39 is 27.2 Å². The molecule has 0 amide bonds. The number of fused-ring (bicyclic) bond motifs is 1. The third kappa shape index (κ3) is 5.96. The number of aromatic nitrogens is 1.